The van der Waals surface area contributed by atoms with Crippen molar-refractivity contribution in [2.24, 2.45) is 0 Å². The van der Waals surface area contributed by atoms with Crippen molar-refractivity contribution in [2.45, 2.75) is 58.9 Å². The SMILES string of the molecule is C/C=C\c1c(Cc2cccc(-c3cccc(N(c4ccc(-c5ccc6ccccc6c5)cc4)c4cccc(-c5ccccc5)c4)c3)c2)c2ccccc2n1C(CC)CCCC. The lowest BCUT2D eigenvalue weighted by atomic mass is 9.97. The number of hydrogen-bond acceptors (Lipinski definition) is 1. The van der Waals surface area contributed by atoms with E-state index < -0.39 is 0 Å². The second kappa shape index (κ2) is 18.2. The number of fused-ring (bicyclic) bond motifs is 2. The Morgan fingerprint density at radius 2 is 1.10 bits per heavy atom. The quantitative estimate of drug-likeness (QED) is 0.107. The van der Waals surface area contributed by atoms with E-state index in [0.717, 1.165) is 29.9 Å². The summed E-state index contributed by atoms with van der Waals surface area (Å²) in [5.74, 6) is 0. The maximum absolute atomic E-state index is 2.64. The molecule has 1 aromatic heterocycles. The number of anilines is 3. The van der Waals surface area contributed by atoms with Gasteiger partial charge in [0.05, 0.1) is 0 Å². The fraction of sp³-hybridized carbons (Fsp3) is 0.153. The summed E-state index contributed by atoms with van der Waals surface area (Å²) in [4.78, 5) is 2.39. The van der Waals surface area contributed by atoms with E-state index >= 15 is 0 Å². The summed E-state index contributed by atoms with van der Waals surface area (Å²) in [6, 6.07) is 71.7. The van der Waals surface area contributed by atoms with Crippen LogP contribution in [0.1, 0.15) is 69.3 Å². The topological polar surface area (TPSA) is 8.17 Å². The van der Waals surface area contributed by atoms with Gasteiger partial charge in [-0.15, -0.1) is 0 Å². The van der Waals surface area contributed by atoms with Crippen LogP contribution in [0.25, 0.3) is 61.1 Å². The first-order chi connectivity index (χ1) is 30.1. The number of nitrogens with zero attached hydrogens (tertiary/aromatic N) is 2. The summed E-state index contributed by atoms with van der Waals surface area (Å²) >= 11 is 0. The van der Waals surface area contributed by atoms with E-state index in [1.54, 1.807) is 0 Å². The van der Waals surface area contributed by atoms with Crippen LogP contribution in [0.3, 0.4) is 0 Å². The molecule has 0 aliphatic carbocycles. The van der Waals surface area contributed by atoms with Crippen molar-refractivity contribution in [3.05, 3.63) is 217 Å². The summed E-state index contributed by atoms with van der Waals surface area (Å²) in [7, 11) is 0. The van der Waals surface area contributed by atoms with Crippen LogP contribution in [-0.4, -0.2) is 4.57 Å². The molecule has 0 aliphatic heterocycles. The van der Waals surface area contributed by atoms with Crippen molar-refractivity contribution in [1.29, 1.82) is 0 Å². The minimum atomic E-state index is 0.477. The maximum atomic E-state index is 2.64. The standard InChI is InChI=1S/C59H54N2/c1-4-7-27-52(6-3)61-58(18-5-2)57(56-30-13-14-31-59(56)61)39-43-19-15-24-47(38-43)50-26-17-29-55(42-50)60(54-28-16-25-49(41-54)44-20-9-8-10-21-44)53-36-34-46(35-37-53)51-33-32-45-22-11-12-23-48(45)40-51/h5,8-26,28-38,40-42,52H,4,6-7,27,39H2,1-3H3/b18-5-. The molecule has 0 amide bonds. The lowest BCUT2D eigenvalue weighted by Gasteiger charge is -2.27. The predicted molar refractivity (Wildman–Crippen MR) is 263 cm³/mol. The second-order valence-corrected chi connectivity index (χ2v) is 16.2. The minimum absolute atomic E-state index is 0.477. The average Bonchev–Trinajstić information content (AvgIpc) is 3.62. The number of para-hydroxylation sites is 1. The third-order valence-corrected chi connectivity index (χ3v) is 12.3. The van der Waals surface area contributed by atoms with Gasteiger partial charge >= 0.3 is 0 Å². The predicted octanol–water partition coefficient (Wildman–Crippen LogP) is 17.0. The highest BCUT2D eigenvalue weighted by Crippen LogP contribution is 2.40. The summed E-state index contributed by atoms with van der Waals surface area (Å²) in [5, 5.41) is 3.87. The molecule has 2 nitrogen and oxygen atoms in total. The molecule has 0 saturated heterocycles. The van der Waals surface area contributed by atoms with Crippen molar-refractivity contribution < 1.29 is 0 Å². The first-order valence-corrected chi connectivity index (χ1v) is 22.1. The van der Waals surface area contributed by atoms with Crippen LogP contribution in [-0.2, 0) is 6.42 Å². The molecule has 9 aromatic rings. The molecule has 0 fully saturated rings. The Bertz CT molecular complexity index is 2930. The number of unbranched alkanes of at least 4 members (excludes halogenated alkanes) is 1. The molecule has 0 spiro atoms. The number of benzene rings is 8. The van der Waals surface area contributed by atoms with Gasteiger partial charge in [0.2, 0.25) is 0 Å². The summed E-state index contributed by atoms with van der Waals surface area (Å²) in [6.45, 7) is 6.79. The van der Waals surface area contributed by atoms with Crippen molar-refractivity contribution in [2.75, 3.05) is 4.90 Å². The van der Waals surface area contributed by atoms with Crippen LogP contribution < -0.4 is 4.90 Å². The number of allylic oxidation sites excluding steroid dienone is 1. The molecule has 8 aromatic carbocycles. The van der Waals surface area contributed by atoms with E-state index in [1.165, 1.54) is 91.1 Å². The van der Waals surface area contributed by atoms with Gasteiger partial charge in [0, 0.05) is 46.1 Å². The summed E-state index contributed by atoms with van der Waals surface area (Å²) in [6.07, 6.45) is 10.2. The molecule has 0 N–H and O–H groups in total. The largest absolute Gasteiger partial charge is 0.338 e. The molecule has 2 heteroatoms. The lowest BCUT2D eigenvalue weighted by Crippen LogP contribution is -2.10. The van der Waals surface area contributed by atoms with Crippen molar-refractivity contribution in [3.63, 3.8) is 0 Å². The Kier molecular flexibility index (Phi) is 11.8. The van der Waals surface area contributed by atoms with Gasteiger partial charge in [-0.3, -0.25) is 0 Å². The zero-order valence-corrected chi connectivity index (χ0v) is 35.6. The Morgan fingerprint density at radius 3 is 1.82 bits per heavy atom. The molecule has 0 aliphatic rings. The molecule has 1 heterocycles. The molecule has 1 unspecified atom stereocenters. The Hall–Kier alpha value is -6.90. The van der Waals surface area contributed by atoms with E-state index in [4.69, 9.17) is 0 Å². The van der Waals surface area contributed by atoms with Gasteiger partial charge in [-0.05, 0) is 130 Å². The zero-order valence-electron chi connectivity index (χ0n) is 35.6. The van der Waals surface area contributed by atoms with Gasteiger partial charge in [0.1, 0.15) is 0 Å². The second-order valence-electron chi connectivity index (χ2n) is 16.2. The van der Waals surface area contributed by atoms with Gasteiger partial charge in [-0.25, -0.2) is 0 Å². The number of hydrogen-bond donors (Lipinski definition) is 0. The normalized spacial score (nSPS) is 12.0. The summed E-state index contributed by atoms with van der Waals surface area (Å²) < 4.78 is 2.64. The highest BCUT2D eigenvalue weighted by atomic mass is 15.1. The highest BCUT2D eigenvalue weighted by molar-refractivity contribution is 5.90. The first-order valence-electron chi connectivity index (χ1n) is 22.1. The van der Waals surface area contributed by atoms with Gasteiger partial charge in [0.15, 0.2) is 0 Å². The van der Waals surface area contributed by atoms with E-state index in [1.807, 2.05) is 0 Å². The van der Waals surface area contributed by atoms with E-state index in [0.29, 0.717) is 6.04 Å². The molecule has 0 bridgehead atoms. The molecule has 0 radical (unpaired) electrons. The highest BCUT2D eigenvalue weighted by Gasteiger charge is 2.21. The van der Waals surface area contributed by atoms with Crippen molar-refractivity contribution >= 4 is 44.8 Å². The monoisotopic (exact) mass is 790 g/mol. The number of aromatic nitrogens is 1. The van der Waals surface area contributed by atoms with Crippen LogP contribution in [0, 0.1) is 0 Å². The van der Waals surface area contributed by atoms with Gasteiger partial charge in [-0.1, -0.05) is 178 Å². The zero-order chi connectivity index (χ0) is 41.5. The number of rotatable bonds is 14. The van der Waals surface area contributed by atoms with Crippen LogP contribution in [0.5, 0.6) is 0 Å². The summed E-state index contributed by atoms with van der Waals surface area (Å²) in [5.41, 5.74) is 16.0. The van der Waals surface area contributed by atoms with Gasteiger partial charge in [-0.2, -0.15) is 0 Å². The Morgan fingerprint density at radius 1 is 0.508 bits per heavy atom. The molecule has 0 saturated carbocycles. The van der Waals surface area contributed by atoms with E-state index in [-0.39, 0.29) is 0 Å². The van der Waals surface area contributed by atoms with E-state index in [9.17, 15) is 0 Å². The van der Waals surface area contributed by atoms with Crippen molar-refractivity contribution in [3.8, 4) is 33.4 Å². The fourth-order valence-corrected chi connectivity index (χ4v) is 9.19. The van der Waals surface area contributed by atoms with Gasteiger partial charge in [0.25, 0.3) is 0 Å². The first kappa shape index (κ1) is 39.6. The Labute approximate surface area is 362 Å². The van der Waals surface area contributed by atoms with Crippen LogP contribution in [0.2, 0.25) is 0 Å². The van der Waals surface area contributed by atoms with E-state index in [2.05, 4.69) is 237 Å². The van der Waals surface area contributed by atoms with Gasteiger partial charge < -0.3 is 9.47 Å². The lowest BCUT2D eigenvalue weighted by molar-refractivity contribution is 0.445. The minimum Gasteiger partial charge on any atom is -0.338 e. The fourth-order valence-electron chi connectivity index (χ4n) is 9.19. The van der Waals surface area contributed by atoms with Crippen LogP contribution in [0.4, 0.5) is 17.1 Å². The third-order valence-electron chi connectivity index (χ3n) is 12.3. The molecule has 61 heavy (non-hydrogen) atoms. The molecule has 9 rings (SSSR count). The molecule has 1 atom stereocenters. The Balaban J connectivity index is 1.09. The molecule has 300 valence electrons. The van der Waals surface area contributed by atoms with Crippen molar-refractivity contribution in [1.82, 2.24) is 4.57 Å². The third kappa shape index (κ3) is 8.32. The smallest absolute Gasteiger partial charge is 0.0490 e. The maximum Gasteiger partial charge on any atom is 0.0490 e. The average molecular weight is 791 g/mol. The van der Waals surface area contributed by atoms with Crippen LogP contribution >= 0.6 is 0 Å². The molecular weight excluding hydrogens is 737 g/mol. The van der Waals surface area contributed by atoms with Crippen LogP contribution in [0.15, 0.2) is 200 Å². The molecular formula is C59H54N2.